The molecule has 1 unspecified atom stereocenters. The standard InChI is InChI=1S/C21H20N2O3S2/c1-4-13(3)23-20(24)17(27-21(23)25)11-15-6-8-19(26-15)28-18-10-14-9-12(2)5-7-16(14)22-18/h5-9,11,13H,4,10H2,1-3H3. The summed E-state index contributed by atoms with van der Waals surface area (Å²) >= 11 is 2.45. The molecule has 1 fully saturated rings. The van der Waals surface area contributed by atoms with Crippen molar-refractivity contribution in [3.8, 4) is 0 Å². The van der Waals surface area contributed by atoms with Crippen LogP contribution in [0.1, 0.15) is 37.2 Å². The minimum atomic E-state index is -0.249. The molecule has 0 spiro atoms. The number of hydrogen-bond donors (Lipinski definition) is 0. The van der Waals surface area contributed by atoms with Crippen LogP contribution in [0, 0.1) is 6.92 Å². The molecule has 0 radical (unpaired) electrons. The van der Waals surface area contributed by atoms with Gasteiger partial charge in [-0.2, -0.15) is 0 Å². The lowest BCUT2D eigenvalue weighted by molar-refractivity contribution is -0.124. The minimum absolute atomic E-state index is 0.105. The van der Waals surface area contributed by atoms with Gasteiger partial charge in [0, 0.05) is 18.5 Å². The largest absolute Gasteiger partial charge is 0.450 e. The van der Waals surface area contributed by atoms with Gasteiger partial charge in [0.15, 0.2) is 5.09 Å². The Morgan fingerprint density at radius 1 is 1.32 bits per heavy atom. The first-order valence-electron chi connectivity index (χ1n) is 9.16. The Labute approximate surface area is 172 Å². The number of amides is 2. The third-order valence-electron chi connectivity index (χ3n) is 4.77. The van der Waals surface area contributed by atoms with E-state index in [1.165, 1.54) is 27.8 Å². The van der Waals surface area contributed by atoms with Gasteiger partial charge in [0.2, 0.25) is 0 Å². The van der Waals surface area contributed by atoms with Crippen LogP contribution >= 0.6 is 23.5 Å². The van der Waals surface area contributed by atoms with Crippen molar-refractivity contribution in [2.75, 3.05) is 0 Å². The van der Waals surface area contributed by atoms with Crippen LogP contribution in [0.5, 0.6) is 0 Å². The number of hydrogen-bond acceptors (Lipinski definition) is 6. The maximum Gasteiger partial charge on any atom is 0.293 e. The van der Waals surface area contributed by atoms with Gasteiger partial charge in [0.25, 0.3) is 11.1 Å². The van der Waals surface area contributed by atoms with Gasteiger partial charge in [-0.25, -0.2) is 4.99 Å². The van der Waals surface area contributed by atoms with Crippen molar-refractivity contribution in [1.82, 2.24) is 4.90 Å². The van der Waals surface area contributed by atoms with Gasteiger partial charge in [-0.15, -0.1) is 0 Å². The van der Waals surface area contributed by atoms with Crippen LogP contribution in [0.25, 0.3) is 6.08 Å². The molecule has 0 N–H and O–H groups in total. The molecule has 2 aliphatic heterocycles. The third kappa shape index (κ3) is 3.69. The van der Waals surface area contributed by atoms with Crippen LogP contribution < -0.4 is 0 Å². The number of fused-ring (bicyclic) bond motifs is 1. The lowest BCUT2D eigenvalue weighted by Crippen LogP contribution is -2.36. The number of benzene rings is 1. The van der Waals surface area contributed by atoms with Crippen LogP contribution in [-0.2, 0) is 11.2 Å². The molecular formula is C21H20N2O3S2. The summed E-state index contributed by atoms with van der Waals surface area (Å²) < 4.78 is 5.85. The molecule has 1 saturated heterocycles. The number of carbonyl (C=O) groups excluding carboxylic acids is 2. The Balaban J connectivity index is 1.46. The molecule has 1 aromatic heterocycles. The first-order chi connectivity index (χ1) is 13.4. The van der Waals surface area contributed by atoms with E-state index in [1.54, 1.807) is 6.08 Å². The average molecular weight is 413 g/mol. The maximum atomic E-state index is 12.5. The number of aryl methyl sites for hydroxylation is 1. The van der Waals surface area contributed by atoms with E-state index in [0.717, 1.165) is 40.4 Å². The number of rotatable bonds is 4. The molecule has 28 heavy (non-hydrogen) atoms. The summed E-state index contributed by atoms with van der Waals surface area (Å²) in [4.78, 5) is 31.0. The summed E-state index contributed by atoms with van der Waals surface area (Å²) in [6.45, 7) is 5.91. The number of nitrogens with zero attached hydrogens (tertiary/aromatic N) is 2. The van der Waals surface area contributed by atoms with E-state index in [4.69, 9.17) is 4.42 Å². The van der Waals surface area contributed by atoms with E-state index in [2.05, 4.69) is 24.0 Å². The van der Waals surface area contributed by atoms with Crippen molar-refractivity contribution in [2.24, 2.45) is 4.99 Å². The molecule has 0 aliphatic carbocycles. The molecule has 2 amide bonds. The fraction of sp³-hybridized carbons (Fsp3) is 0.286. The minimum Gasteiger partial charge on any atom is -0.450 e. The zero-order chi connectivity index (χ0) is 19.8. The predicted octanol–water partition coefficient (Wildman–Crippen LogP) is 5.80. The second-order valence-corrected chi connectivity index (χ2v) is 8.95. The van der Waals surface area contributed by atoms with E-state index in [0.29, 0.717) is 10.7 Å². The monoisotopic (exact) mass is 412 g/mol. The highest BCUT2D eigenvalue weighted by atomic mass is 32.2. The number of furan rings is 1. The van der Waals surface area contributed by atoms with Crippen LogP contribution in [0.4, 0.5) is 10.5 Å². The predicted molar refractivity (Wildman–Crippen MR) is 114 cm³/mol. The molecule has 5 nitrogen and oxygen atoms in total. The molecule has 0 bridgehead atoms. The number of imide groups is 1. The number of thioether (sulfide) groups is 2. The van der Waals surface area contributed by atoms with Crippen LogP contribution in [0.2, 0.25) is 0 Å². The lowest BCUT2D eigenvalue weighted by atomic mass is 10.1. The van der Waals surface area contributed by atoms with E-state index >= 15 is 0 Å². The highest BCUT2D eigenvalue weighted by Gasteiger charge is 2.37. The van der Waals surface area contributed by atoms with Crippen molar-refractivity contribution in [2.45, 2.75) is 44.7 Å². The Hall–Kier alpha value is -2.25. The van der Waals surface area contributed by atoms with Crippen molar-refractivity contribution in [1.29, 1.82) is 0 Å². The van der Waals surface area contributed by atoms with Gasteiger partial charge in [0.1, 0.15) is 5.76 Å². The van der Waals surface area contributed by atoms with Gasteiger partial charge in [-0.3, -0.25) is 14.5 Å². The summed E-state index contributed by atoms with van der Waals surface area (Å²) in [5.41, 5.74) is 3.47. The van der Waals surface area contributed by atoms with Crippen LogP contribution in [0.15, 0.2) is 49.7 Å². The fourth-order valence-corrected chi connectivity index (χ4v) is 4.90. The first kappa shape index (κ1) is 19.1. The van der Waals surface area contributed by atoms with Gasteiger partial charge in [-0.05, 0) is 67.6 Å². The fourth-order valence-electron chi connectivity index (χ4n) is 3.12. The molecule has 7 heteroatoms. The third-order valence-corrected chi connectivity index (χ3v) is 6.55. The van der Waals surface area contributed by atoms with E-state index in [1.807, 2.05) is 32.0 Å². The molecule has 4 rings (SSSR count). The Morgan fingerprint density at radius 3 is 2.93 bits per heavy atom. The Morgan fingerprint density at radius 2 is 2.14 bits per heavy atom. The van der Waals surface area contributed by atoms with Crippen LogP contribution in [0.3, 0.4) is 0 Å². The summed E-state index contributed by atoms with van der Waals surface area (Å²) in [5.74, 6) is 0.310. The molecule has 2 aliphatic rings. The van der Waals surface area contributed by atoms with Crippen molar-refractivity contribution < 1.29 is 14.0 Å². The SMILES string of the molecule is CCC(C)N1C(=O)SC(=Cc2ccc(SC3=Nc4ccc(C)cc4C3)o2)C1=O. The van der Waals surface area contributed by atoms with Gasteiger partial charge < -0.3 is 4.42 Å². The summed E-state index contributed by atoms with van der Waals surface area (Å²) in [6.07, 6.45) is 3.17. The molecular weight excluding hydrogens is 392 g/mol. The smallest absolute Gasteiger partial charge is 0.293 e. The first-order valence-corrected chi connectivity index (χ1v) is 10.8. The molecule has 1 atom stereocenters. The summed E-state index contributed by atoms with van der Waals surface area (Å²) in [5, 5.41) is 1.48. The lowest BCUT2D eigenvalue weighted by Gasteiger charge is -2.19. The second-order valence-electron chi connectivity index (χ2n) is 6.88. The summed E-state index contributed by atoms with van der Waals surface area (Å²) in [6, 6.07) is 9.84. The highest BCUT2D eigenvalue weighted by molar-refractivity contribution is 8.18. The zero-order valence-electron chi connectivity index (χ0n) is 15.9. The van der Waals surface area contributed by atoms with Gasteiger partial charge in [0.05, 0.1) is 15.6 Å². The van der Waals surface area contributed by atoms with Gasteiger partial charge >= 0.3 is 0 Å². The van der Waals surface area contributed by atoms with Gasteiger partial charge in [-0.1, -0.05) is 24.6 Å². The van der Waals surface area contributed by atoms with E-state index in [9.17, 15) is 9.59 Å². The quantitative estimate of drug-likeness (QED) is 0.594. The normalized spacial score (nSPS) is 18.8. The van der Waals surface area contributed by atoms with Crippen molar-refractivity contribution >= 4 is 51.5 Å². The van der Waals surface area contributed by atoms with E-state index in [-0.39, 0.29) is 17.2 Å². The average Bonchev–Trinajstić information content (AvgIpc) is 3.33. The van der Waals surface area contributed by atoms with Crippen LogP contribution in [-0.4, -0.2) is 27.1 Å². The Bertz CT molecular complexity index is 1020. The molecule has 0 saturated carbocycles. The molecule has 3 heterocycles. The molecule has 1 aromatic carbocycles. The van der Waals surface area contributed by atoms with Crippen molar-refractivity contribution in [3.05, 3.63) is 52.1 Å². The molecule has 2 aromatic rings. The maximum absolute atomic E-state index is 12.5. The molecule has 144 valence electrons. The zero-order valence-corrected chi connectivity index (χ0v) is 17.5. The highest BCUT2D eigenvalue weighted by Crippen LogP contribution is 2.37. The second kappa shape index (κ2) is 7.64. The number of carbonyl (C=O) groups is 2. The van der Waals surface area contributed by atoms with Crippen molar-refractivity contribution in [3.63, 3.8) is 0 Å². The number of aliphatic imine (C=N–C) groups is 1. The topological polar surface area (TPSA) is 62.9 Å². The van der Waals surface area contributed by atoms with E-state index < -0.39 is 0 Å². The Kier molecular flexibility index (Phi) is 5.21. The summed E-state index contributed by atoms with van der Waals surface area (Å²) in [7, 11) is 0.